The fraction of sp³-hybridized carbons (Fsp3) is 0.565. The number of rotatable bonds is 7. The van der Waals surface area contributed by atoms with Crippen molar-refractivity contribution in [1.29, 1.82) is 0 Å². The third-order valence-corrected chi connectivity index (χ3v) is 4.61. The van der Waals surface area contributed by atoms with Crippen LogP contribution in [0.2, 0.25) is 0 Å². The van der Waals surface area contributed by atoms with Crippen molar-refractivity contribution in [2.45, 2.75) is 73.8 Å². The molecule has 0 N–H and O–H groups in total. The summed E-state index contributed by atoms with van der Waals surface area (Å²) in [5.74, 6) is 0. The van der Waals surface area contributed by atoms with Crippen molar-refractivity contribution in [1.82, 2.24) is 0 Å². The molecule has 1 rings (SSSR count). The van der Waals surface area contributed by atoms with E-state index in [9.17, 15) is 0 Å². The Bertz CT molecular complexity index is 551. The zero-order chi connectivity index (χ0) is 18.2. The van der Waals surface area contributed by atoms with Gasteiger partial charge in [-0.15, -0.1) is 0 Å². The highest BCUT2D eigenvalue weighted by atomic mass is 16.5. The van der Waals surface area contributed by atoms with Crippen LogP contribution in [0.15, 0.2) is 58.7 Å². The second kappa shape index (κ2) is 9.84. The Balaban J connectivity index is 2.65. The quantitative estimate of drug-likeness (QED) is 0.460. The molecule has 0 atom stereocenters. The minimum atomic E-state index is 0.284. The molecule has 0 aliphatic heterocycles. The first-order valence-corrected chi connectivity index (χ1v) is 9.24. The minimum Gasteiger partial charge on any atom is -0.375 e. The summed E-state index contributed by atoms with van der Waals surface area (Å²) in [6, 6.07) is 0. The van der Waals surface area contributed by atoms with Crippen LogP contribution in [0.3, 0.4) is 0 Å². The van der Waals surface area contributed by atoms with E-state index >= 15 is 0 Å². The second-order valence-corrected chi connectivity index (χ2v) is 7.86. The molecule has 0 amide bonds. The number of hydrogen-bond acceptors (Lipinski definition) is 1. The molecule has 24 heavy (non-hydrogen) atoms. The highest BCUT2D eigenvalue weighted by Crippen LogP contribution is 2.40. The molecule has 0 aromatic heterocycles. The van der Waals surface area contributed by atoms with Crippen LogP contribution in [0.1, 0.15) is 67.7 Å². The predicted molar refractivity (Wildman–Crippen MR) is 107 cm³/mol. The van der Waals surface area contributed by atoms with Gasteiger partial charge in [0.15, 0.2) is 0 Å². The van der Waals surface area contributed by atoms with E-state index in [1.54, 1.807) is 5.57 Å². The highest BCUT2D eigenvalue weighted by molar-refractivity contribution is 5.37. The average molecular weight is 329 g/mol. The Morgan fingerprint density at radius 3 is 2.50 bits per heavy atom. The molecule has 1 heteroatoms. The number of ether oxygens (including phenoxy) is 1. The molecule has 0 radical (unpaired) electrons. The van der Waals surface area contributed by atoms with Gasteiger partial charge in [-0.1, -0.05) is 67.0 Å². The molecule has 0 aromatic rings. The van der Waals surface area contributed by atoms with Gasteiger partial charge in [0.25, 0.3) is 0 Å². The van der Waals surface area contributed by atoms with Crippen LogP contribution < -0.4 is 0 Å². The normalized spacial score (nSPS) is 20.0. The Morgan fingerprint density at radius 1 is 1.17 bits per heavy atom. The molecule has 1 aliphatic carbocycles. The smallest absolute Gasteiger partial charge is 0.0656 e. The zero-order valence-corrected chi connectivity index (χ0v) is 16.8. The van der Waals surface area contributed by atoms with Crippen LogP contribution >= 0.6 is 0 Å². The lowest BCUT2D eigenvalue weighted by Gasteiger charge is -2.32. The van der Waals surface area contributed by atoms with Gasteiger partial charge < -0.3 is 4.74 Å². The van der Waals surface area contributed by atoms with E-state index in [4.69, 9.17) is 4.74 Å². The fourth-order valence-corrected chi connectivity index (χ4v) is 3.07. The Kier molecular flexibility index (Phi) is 8.48. The van der Waals surface area contributed by atoms with Crippen molar-refractivity contribution in [2.24, 2.45) is 5.41 Å². The summed E-state index contributed by atoms with van der Waals surface area (Å²) < 4.78 is 5.53. The summed E-state index contributed by atoms with van der Waals surface area (Å²) in [7, 11) is 0. The molecule has 0 spiro atoms. The van der Waals surface area contributed by atoms with E-state index in [0.29, 0.717) is 12.0 Å². The number of allylic oxidation sites excluding steroid dienone is 9. The van der Waals surface area contributed by atoms with E-state index in [2.05, 4.69) is 84.9 Å². The monoisotopic (exact) mass is 328 g/mol. The van der Waals surface area contributed by atoms with Crippen molar-refractivity contribution in [3.8, 4) is 0 Å². The van der Waals surface area contributed by atoms with Crippen molar-refractivity contribution in [2.75, 3.05) is 6.61 Å². The Labute approximate surface area is 149 Å². The molecule has 1 nitrogen and oxygen atoms in total. The summed E-state index contributed by atoms with van der Waals surface area (Å²) >= 11 is 0. The summed E-state index contributed by atoms with van der Waals surface area (Å²) in [6.45, 7) is 16.1. The van der Waals surface area contributed by atoms with Crippen LogP contribution in [-0.2, 0) is 4.74 Å². The third-order valence-electron chi connectivity index (χ3n) is 4.61. The summed E-state index contributed by atoms with van der Waals surface area (Å²) in [6.07, 6.45) is 17.3. The van der Waals surface area contributed by atoms with Crippen molar-refractivity contribution >= 4 is 0 Å². The molecule has 0 saturated heterocycles. The maximum absolute atomic E-state index is 5.53. The largest absolute Gasteiger partial charge is 0.375 e. The molecule has 0 aromatic carbocycles. The lowest BCUT2D eigenvalue weighted by Crippen LogP contribution is -2.19. The first-order valence-electron chi connectivity index (χ1n) is 9.24. The minimum absolute atomic E-state index is 0.284. The van der Waals surface area contributed by atoms with Gasteiger partial charge in [-0.3, -0.25) is 0 Å². The van der Waals surface area contributed by atoms with E-state index in [1.807, 2.05) is 0 Å². The van der Waals surface area contributed by atoms with Gasteiger partial charge in [0, 0.05) is 0 Å². The summed E-state index contributed by atoms with van der Waals surface area (Å²) in [5.41, 5.74) is 5.89. The molecule has 0 saturated carbocycles. The molecule has 0 heterocycles. The third kappa shape index (κ3) is 7.49. The van der Waals surface area contributed by atoms with Gasteiger partial charge in [-0.05, 0) is 64.9 Å². The predicted octanol–water partition coefficient (Wildman–Crippen LogP) is 6.94. The maximum atomic E-state index is 5.53. The van der Waals surface area contributed by atoms with E-state index in [-0.39, 0.29) is 6.10 Å². The van der Waals surface area contributed by atoms with Gasteiger partial charge in [-0.25, -0.2) is 0 Å². The molecule has 0 unspecified atom stereocenters. The second-order valence-electron chi connectivity index (χ2n) is 7.86. The van der Waals surface area contributed by atoms with Crippen LogP contribution in [0.4, 0.5) is 0 Å². The van der Waals surface area contributed by atoms with Gasteiger partial charge in [0.05, 0.1) is 12.7 Å². The average Bonchev–Trinajstić information content (AvgIpc) is 2.45. The Morgan fingerprint density at radius 2 is 1.88 bits per heavy atom. The first kappa shape index (κ1) is 20.7. The van der Waals surface area contributed by atoms with Crippen LogP contribution in [0.5, 0.6) is 0 Å². The van der Waals surface area contributed by atoms with Crippen LogP contribution in [0.25, 0.3) is 0 Å². The maximum Gasteiger partial charge on any atom is 0.0656 e. The van der Waals surface area contributed by atoms with E-state index in [0.717, 1.165) is 0 Å². The SMILES string of the molecule is CC1=C(/C=C/C(C)=C/C=C/C(C)=C/COC(C)C)C(C)(C)CCC1. The Hall–Kier alpha value is -1.34. The van der Waals surface area contributed by atoms with E-state index in [1.165, 1.54) is 36.0 Å². The summed E-state index contributed by atoms with van der Waals surface area (Å²) in [5, 5.41) is 0. The molecular weight excluding hydrogens is 292 g/mol. The first-order chi connectivity index (χ1) is 11.2. The topological polar surface area (TPSA) is 9.23 Å². The molecule has 134 valence electrons. The zero-order valence-electron chi connectivity index (χ0n) is 16.8. The lowest BCUT2D eigenvalue weighted by atomic mass is 9.72. The van der Waals surface area contributed by atoms with Crippen molar-refractivity contribution in [3.05, 3.63) is 58.7 Å². The lowest BCUT2D eigenvalue weighted by molar-refractivity contribution is 0.102. The van der Waals surface area contributed by atoms with E-state index < -0.39 is 0 Å². The van der Waals surface area contributed by atoms with Gasteiger partial charge >= 0.3 is 0 Å². The van der Waals surface area contributed by atoms with Crippen LogP contribution in [-0.4, -0.2) is 12.7 Å². The summed E-state index contributed by atoms with van der Waals surface area (Å²) in [4.78, 5) is 0. The highest BCUT2D eigenvalue weighted by Gasteiger charge is 2.26. The van der Waals surface area contributed by atoms with Gasteiger partial charge in [-0.2, -0.15) is 0 Å². The molecule has 1 aliphatic rings. The van der Waals surface area contributed by atoms with Crippen molar-refractivity contribution in [3.63, 3.8) is 0 Å². The fourth-order valence-electron chi connectivity index (χ4n) is 3.07. The van der Waals surface area contributed by atoms with Gasteiger partial charge in [0.2, 0.25) is 0 Å². The molecule has 0 fully saturated rings. The van der Waals surface area contributed by atoms with Crippen LogP contribution in [0, 0.1) is 5.41 Å². The van der Waals surface area contributed by atoms with Gasteiger partial charge in [0.1, 0.15) is 0 Å². The van der Waals surface area contributed by atoms with Crippen molar-refractivity contribution < 1.29 is 4.74 Å². The molecular formula is C23H36O. The molecule has 0 bridgehead atoms. The standard InChI is InChI=1S/C23H36O/c1-18(2)24-17-15-20(4)11-8-10-19(3)13-14-22-21(5)12-9-16-23(22,6)7/h8,10-11,13-15,18H,9,12,16-17H2,1-7H3/b11-8+,14-13+,19-10+,20-15+. The number of hydrogen-bond donors (Lipinski definition) is 0.